The van der Waals surface area contributed by atoms with Crippen LogP contribution in [-0.4, -0.2) is 10.5 Å². The van der Waals surface area contributed by atoms with Crippen LogP contribution in [0.2, 0.25) is 0 Å². The summed E-state index contributed by atoms with van der Waals surface area (Å²) >= 11 is 0. The van der Waals surface area contributed by atoms with Crippen molar-refractivity contribution in [2.75, 3.05) is 6.26 Å². The highest BCUT2D eigenvalue weighted by Gasteiger charge is 1.80. The molecule has 0 aromatic rings. The van der Waals surface area contributed by atoms with Crippen LogP contribution in [-0.2, 0) is 10.8 Å². The Morgan fingerprint density at radius 3 is 2.38 bits per heavy atom. The summed E-state index contributed by atoms with van der Waals surface area (Å²) in [6.07, 6.45) is 3.31. The van der Waals surface area contributed by atoms with E-state index in [4.69, 9.17) is 0 Å². The Balaban J connectivity index is 3.94. The fourth-order valence-corrected chi connectivity index (χ4v) is 0.930. The van der Waals surface area contributed by atoms with Gasteiger partial charge >= 0.3 is 0 Å². The molecule has 0 heterocycles. The lowest BCUT2D eigenvalue weighted by Gasteiger charge is -1.84. The molecule has 1 nitrogen and oxygen atoms in total. The lowest BCUT2D eigenvalue weighted by molar-refractivity contribution is 0.691. The van der Waals surface area contributed by atoms with Crippen molar-refractivity contribution >= 4 is 10.8 Å². The van der Waals surface area contributed by atoms with Gasteiger partial charge in [0, 0.05) is 22.5 Å². The third-order valence-corrected chi connectivity index (χ3v) is 1.38. The summed E-state index contributed by atoms with van der Waals surface area (Å²) in [7, 11) is -0.829. The van der Waals surface area contributed by atoms with E-state index in [9.17, 15) is 4.21 Å². The second-order valence-electron chi connectivity index (χ2n) is 1.56. The fraction of sp³-hybridized carbons (Fsp3) is 0.333. The molecule has 8 heavy (non-hydrogen) atoms. The second kappa shape index (κ2) is 3.61. The van der Waals surface area contributed by atoms with Gasteiger partial charge in [-0.1, -0.05) is 12.7 Å². The van der Waals surface area contributed by atoms with Gasteiger partial charge in [-0.05, 0) is 12.5 Å². The van der Waals surface area contributed by atoms with Crippen molar-refractivity contribution in [3.63, 3.8) is 0 Å². The molecule has 2 heteroatoms. The predicted octanol–water partition coefficient (Wildman–Crippen LogP) is 1.45. The van der Waals surface area contributed by atoms with Crippen molar-refractivity contribution < 1.29 is 4.21 Å². The SMILES string of the molecule is C=CC(C)=CS(C)=O. The summed E-state index contributed by atoms with van der Waals surface area (Å²) in [5, 5.41) is 1.66. The third kappa shape index (κ3) is 3.81. The number of allylic oxidation sites excluding steroid dienone is 2. The molecule has 0 aliphatic rings. The van der Waals surface area contributed by atoms with E-state index in [1.807, 2.05) is 6.92 Å². The predicted molar refractivity (Wildman–Crippen MR) is 38.0 cm³/mol. The molecule has 0 aromatic carbocycles. The van der Waals surface area contributed by atoms with Crippen molar-refractivity contribution in [1.29, 1.82) is 0 Å². The fourth-order valence-electron chi connectivity index (χ4n) is 0.310. The molecule has 0 rings (SSSR count). The smallest absolute Gasteiger partial charge is 0.0427 e. The van der Waals surface area contributed by atoms with E-state index < -0.39 is 10.8 Å². The first kappa shape index (κ1) is 7.63. The van der Waals surface area contributed by atoms with Gasteiger partial charge in [0.2, 0.25) is 0 Å². The zero-order valence-corrected chi connectivity index (χ0v) is 5.99. The van der Waals surface area contributed by atoms with E-state index in [2.05, 4.69) is 6.58 Å². The summed E-state index contributed by atoms with van der Waals surface area (Å²) in [4.78, 5) is 0. The molecule has 0 spiro atoms. The van der Waals surface area contributed by atoms with Gasteiger partial charge in [-0.15, -0.1) is 0 Å². The minimum atomic E-state index is -0.829. The van der Waals surface area contributed by atoms with Crippen LogP contribution in [0.25, 0.3) is 0 Å². The van der Waals surface area contributed by atoms with Gasteiger partial charge in [-0.25, -0.2) is 0 Å². The van der Waals surface area contributed by atoms with Crippen molar-refractivity contribution in [1.82, 2.24) is 0 Å². The van der Waals surface area contributed by atoms with E-state index in [0.717, 1.165) is 5.57 Å². The Morgan fingerprint density at radius 2 is 2.25 bits per heavy atom. The van der Waals surface area contributed by atoms with Crippen LogP contribution < -0.4 is 0 Å². The normalized spacial score (nSPS) is 15.5. The Hall–Kier alpha value is -0.370. The molecule has 1 unspecified atom stereocenters. The largest absolute Gasteiger partial charge is 0.255 e. The summed E-state index contributed by atoms with van der Waals surface area (Å²) in [5.41, 5.74) is 0.964. The zero-order chi connectivity index (χ0) is 6.57. The summed E-state index contributed by atoms with van der Waals surface area (Å²) < 4.78 is 10.4. The zero-order valence-electron chi connectivity index (χ0n) is 5.18. The van der Waals surface area contributed by atoms with Crippen LogP contribution in [0.4, 0.5) is 0 Å². The molecule has 0 aliphatic carbocycles. The van der Waals surface area contributed by atoms with Crippen LogP contribution >= 0.6 is 0 Å². The maximum atomic E-state index is 10.4. The molecule has 0 radical (unpaired) electrons. The molecule has 0 aliphatic heterocycles. The molecular weight excluding hydrogens is 120 g/mol. The van der Waals surface area contributed by atoms with Gasteiger partial charge in [0.05, 0.1) is 0 Å². The van der Waals surface area contributed by atoms with Crippen LogP contribution in [0.1, 0.15) is 6.92 Å². The molecule has 0 fully saturated rings. The standard InChI is InChI=1S/C6H10OS/c1-4-6(2)5-8(3)7/h4-5H,1H2,2-3H3. The van der Waals surface area contributed by atoms with Crippen molar-refractivity contribution in [3.05, 3.63) is 23.6 Å². The van der Waals surface area contributed by atoms with Crippen LogP contribution in [0.5, 0.6) is 0 Å². The van der Waals surface area contributed by atoms with Crippen LogP contribution in [0, 0.1) is 0 Å². The molecule has 0 aromatic heterocycles. The quantitative estimate of drug-likeness (QED) is 0.517. The van der Waals surface area contributed by atoms with Crippen molar-refractivity contribution in [2.24, 2.45) is 0 Å². The second-order valence-corrected chi connectivity index (χ2v) is 2.80. The highest BCUT2D eigenvalue weighted by Crippen LogP contribution is 1.92. The van der Waals surface area contributed by atoms with E-state index >= 15 is 0 Å². The molecule has 0 amide bonds. The molecule has 0 N–H and O–H groups in total. The molecular formula is C6H10OS. The van der Waals surface area contributed by atoms with E-state index in [-0.39, 0.29) is 0 Å². The van der Waals surface area contributed by atoms with Gasteiger partial charge in [-0.3, -0.25) is 4.21 Å². The van der Waals surface area contributed by atoms with Gasteiger partial charge in [0.15, 0.2) is 0 Å². The lowest BCUT2D eigenvalue weighted by atomic mass is 10.4. The number of rotatable bonds is 2. The first-order valence-electron chi connectivity index (χ1n) is 2.30. The minimum Gasteiger partial charge on any atom is -0.255 e. The minimum absolute atomic E-state index is 0.829. The number of hydrogen-bond donors (Lipinski definition) is 0. The van der Waals surface area contributed by atoms with E-state index in [0.29, 0.717) is 0 Å². The van der Waals surface area contributed by atoms with Crippen molar-refractivity contribution in [2.45, 2.75) is 6.92 Å². The summed E-state index contributed by atoms with van der Waals surface area (Å²) in [6.45, 7) is 5.38. The molecule has 0 saturated heterocycles. The van der Waals surface area contributed by atoms with E-state index in [1.54, 1.807) is 17.7 Å². The Bertz CT molecular complexity index is 135. The van der Waals surface area contributed by atoms with Gasteiger partial charge in [0.1, 0.15) is 0 Å². The maximum Gasteiger partial charge on any atom is 0.0427 e. The molecule has 0 saturated carbocycles. The van der Waals surface area contributed by atoms with Crippen LogP contribution in [0.15, 0.2) is 23.6 Å². The first-order chi connectivity index (χ1) is 3.66. The number of hydrogen-bond acceptors (Lipinski definition) is 1. The van der Waals surface area contributed by atoms with E-state index in [1.165, 1.54) is 0 Å². The maximum absolute atomic E-state index is 10.4. The topological polar surface area (TPSA) is 17.1 Å². The van der Waals surface area contributed by atoms with Gasteiger partial charge < -0.3 is 0 Å². The third-order valence-electron chi connectivity index (χ3n) is 0.674. The highest BCUT2D eigenvalue weighted by atomic mass is 32.2. The molecule has 1 atom stereocenters. The Morgan fingerprint density at radius 1 is 1.75 bits per heavy atom. The Kier molecular flexibility index (Phi) is 3.44. The molecule has 0 bridgehead atoms. The summed E-state index contributed by atoms with van der Waals surface area (Å²) in [5.74, 6) is 0. The van der Waals surface area contributed by atoms with Crippen molar-refractivity contribution in [3.8, 4) is 0 Å². The van der Waals surface area contributed by atoms with Gasteiger partial charge in [0.25, 0.3) is 0 Å². The molecule has 46 valence electrons. The average molecular weight is 130 g/mol. The lowest BCUT2D eigenvalue weighted by Crippen LogP contribution is -1.76. The monoisotopic (exact) mass is 130 g/mol. The van der Waals surface area contributed by atoms with Crippen LogP contribution in [0.3, 0.4) is 0 Å². The highest BCUT2D eigenvalue weighted by molar-refractivity contribution is 7.87. The summed E-state index contributed by atoms with van der Waals surface area (Å²) in [6, 6.07) is 0. The first-order valence-corrected chi connectivity index (χ1v) is 3.92. The Labute approximate surface area is 52.6 Å². The van der Waals surface area contributed by atoms with Gasteiger partial charge in [-0.2, -0.15) is 0 Å². The average Bonchev–Trinajstić information content (AvgIpc) is 1.65.